The van der Waals surface area contributed by atoms with Gasteiger partial charge in [0.25, 0.3) is 5.91 Å². The van der Waals surface area contributed by atoms with Gasteiger partial charge in [-0.3, -0.25) is 9.59 Å². The molecular formula is C17H16F3N3O3S. The smallest absolute Gasteiger partial charge is 0.435 e. The summed E-state index contributed by atoms with van der Waals surface area (Å²) < 4.78 is 39.2. The molecule has 1 atom stereocenters. The molecule has 0 radical (unpaired) electrons. The zero-order valence-electron chi connectivity index (χ0n) is 14.0. The molecule has 0 aliphatic carbocycles. The van der Waals surface area contributed by atoms with Crippen molar-refractivity contribution in [3.05, 3.63) is 47.8 Å². The molecule has 144 valence electrons. The Morgan fingerprint density at radius 2 is 2.07 bits per heavy atom. The highest BCUT2D eigenvalue weighted by Gasteiger charge is 2.34. The second kappa shape index (κ2) is 7.63. The molecule has 27 heavy (non-hydrogen) atoms. The number of carbonyl (C=O) groups excluding carboxylic acids is 1. The summed E-state index contributed by atoms with van der Waals surface area (Å²) in [6.45, 7) is 0.422. The third-order valence-corrected chi connectivity index (χ3v) is 5.23. The van der Waals surface area contributed by atoms with Gasteiger partial charge in [-0.1, -0.05) is 6.07 Å². The summed E-state index contributed by atoms with van der Waals surface area (Å²) in [7, 11) is 0. The molecule has 2 heterocycles. The normalized spacial score (nSPS) is 17.7. The highest BCUT2D eigenvalue weighted by atomic mass is 32.2. The maximum absolute atomic E-state index is 12.9. The summed E-state index contributed by atoms with van der Waals surface area (Å²) in [5.74, 6) is -0.0848. The van der Waals surface area contributed by atoms with Crippen LogP contribution in [0.3, 0.4) is 0 Å². The lowest BCUT2D eigenvalue weighted by Gasteiger charge is -2.34. The summed E-state index contributed by atoms with van der Waals surface area (Å²) in [5, 5.41) is 12.6. The number of amides is 1. The van der Waals surface area contributed by atoms with Crippen LogP contribution in [0.15, 0.2) is 36.5 Å². The lowest BCUT2D eigenvalue weighted by molar-refractivity contribution is -0.141. The molecule has 1 amide bonds. The van der Waals surface area contributed by atoms with Gasteiger partial charge in [-0.15, -0.1) is 0 Å². The first-order valence-corrected chi connectivity index (χ1v) is 9.25. The van der Waals surface area contributed by atoms with Gasteiger partial charge in [-0.05, 0) is 24.3 Å². The summed E-state index contributed by atoms with van der Waals surface area (Å²) in [6, 6.07) is 6.56. The molecule has 3 rings (SSSR count). The molecule has 1 unspecified atom stereocenters. The largest absolute Gasteiger partial charge is 0.481 e. The fourth-order valence-electron chi connectivity index (χ4n) is 2.86. The summed E-state index contributed by atoms with van der Waals surface area (Å²) in [5.41, 5.74) is -0.426. The zero-order chi connectivity index (χ0) is 19.6. The fraction of sp³-hybridized carbons (Fsp3) is 0.353. The monoisotopic (exact) mass is 399 g/mol. The molecule has 2 aromatic rings. The number of alkyl halides is 3. The second-order valence-electron chi connectivity index (χ2n) is 6.02. The van der Waals surface area contributed by atoms with Gasteiger partial charge in [0, 0.05) is 29.8 Å². The van der Waals surface area contributed by atoms with E-state index in [1.807, 2.05) is 0 Å². The second-order valence-corrected chi connectivity index (χ2v) is 7.17. The average molecular weight is 399 g/mol. The van der Waals surface area contributed by atoms with E-state index < -0.39 is 23.9 Å². The predicted molar refractivity (Wildman–Crippen MR) is 93.0 cm³/mol. The molecule has 1 aliphatic rings. The number of thioether (sulfide) groups is 1. The maximum Gasteiger partial charge on any atom is 0.435 e. The van der Waals surface area contributed by atoms with Crippen molar-refractivity contribution in [1.82, 2.24) is 14.7 Å². The van der Waals surface area contributed by atoms with Crippen molar-refractivity contribution in [3.63, 3.8) is 0 Å². The van der Waals surface area contributed by atoms with Crippen LogP contribution in [0.25, 0.3) is 5.69 Å². The number of carboxylic acids is 1. The molecular weight excluding hydrogens is 383 g/mol. The molecule has 0 saturated carbocycles. The van der Waals surface area contributed by atoms with Crippen LogP contribution in [0.2, 0.25) is 0 Å². The van der Waals surface area contributed by atoms with Crippen LogP contribution in [-0.4, -0.2) is 55.8 Å². The molecule has 1 fully saturated rings. The molecule has 10 heteroatoms. The number of hydrogen-bond acceptors (Lipinski definition) is 4. The Morgan fingerprint density at radius 3 is 2.74 bits per heavy atom. The quantitative estimate of drug-likeness (QED) is 0.856. The highest BCUT2D eigenvalue weighted by Crippen LogP contribution is 2.28. The van der Waals surface area contributed by atoms with Gasteiger partial charge in [0.1, 0.15) is 0 Å². The minimum absolute atomic E-state index is 0.146. The number of nitrogens with zero attached hydrogens (tertiary/aromatic N) is 3. The molecule has 1 aromatic heterocycles. The van der Waals surface area contributed by atoms with E-state index >= 15 is 0 Å². The van der Waals surface area contributed by atoms with Crippen molar-refractivity contribution in [3.8, 4) is 5.69 Å². The Labute approximate surface area is 157 Å². The van der Waals surface area contributed by atoms with E-state index in [4.69, 9.17) is 5.11 Å². The van der Waals surface area contributed by atoms with Crippen LogP contribution in [-0.2, 0) is 11.0 Å². The van der Waals surface area contributed by atoms with Crippen molar-refractivity contribution in [2.24, 2.45) is 0 Å². The first kappa shape index (κ1) is 19.3. The number of hydrogen-bond donors (Lipinski definition) is 1. The van der Waals surface area contributed by atoms with Crippen molar-refractivity contribution in [2.45, 2.75) is 18.6 Å². The molecule has 1 N–H and O–H groups in total. The van der Waals surface area contributed by atoms with Crippen molar-refractivity contribution >= 4 is 23.6 Å². The van der Waals surface area contributed by atoms with Crippen LogP contribution >= 0.6 is 11.8 Å². The van der Waals surface area contributed by atoms with Crippen molar-refractivity contribution in [1.29, 1.82) is 0 Å². The SMILES string of the molecule is O=C(O)CC1CSCCN1C(=O)c1cccc(-n2ccc(C(F)(F)F)n2)c1. The summed E-state index contributed by atoms with van der Waals surface area (Å²) >= 11 is 1.59. The Morgan fingerprint density at radius 1 is 1.30 bits per heavy atom. The van der Waals surface area contributed by atoms with Gasteiger partial charge in [0.05, 0.1) is 18.2 Å². The predicted octanol–water partition coefficient (Wildman–Crippen LogP) is 2.92. The standard InChI is InChI=1S/C17H16F3N3O3S/c18-17(19,20)14-4-5-23(21-14)12-3-1-2-11(8-12)16(26)22-6-7-27-10-13(22)9-15(24)25/h1-5,8,13H,6-7,9-10H2,(H,24,25). The van der Waals surface area contributed by atoms with Gasteiger partial charge in [-0.2, -0.15) is 30.0 Å². The van der Waals surface area contributed by atoms with Gasteiger partial charge < -0.3 is 10.0 Å². The van der Waals surface area contributed by atoms with Crippen LogP contribution in [0, 0.1) is 0 Å². The minimum atomic E-state index is -4.55. The van der Waals surface area contributed by atoms with Crippen molar-refractivity contribution < 1.29 is 27.9 Å². The number of carbonyl (C=O) groups is 2. The molecule has 0 bridgehead atoms. The Kier molecular flexibility index (Phi) is 5.45. The highest BCUT2D eigenvalue weighted by molar-refractivity contribution is 7.99. The summed E-state index contributed by atoms with van der Waals surface area (Å²) in [6.07, 6.45) is -3.52. The van der Waals surface area contributed by atoms with Crippen LogP contribution in [0.4, 0.5) is 13.2 Å². The minimum Gasteiger partial charge on any atom is -0.481 e. The van der Waals surface area contributed by atoms with E-state index in [-0.39, 0.29) is 17.9 Å². The number of rotatable bonds is 4. The van der Waals surface area contributed by atoms with Crippen molar-refractivity contribution in [2.75, 3.05) is 18.1 Å². The van der Waals surface area contributed by atoms with Crippen LogP contribution in [0.5, 0.6) is 0 Å². The third kappa shape index (κ3) is 4.44. The molecule has 1 saturated heterocycles. The van der Waals surface area contributed by atoms with Gasteiger partial charge >= 0.3 is 12.1 Å². The van der Waals surface area contributed by atoms with Crippen LogP contribution < -0.4 is 0 Å². The molecule has 1 aromatic carbocycles. The van der Waals surface area contributed by atoms with Gasteiger partial charge in [0.2, 0.25) is 0 Å². The third-order valence-electron chi connectivity index (χ3n) is 4.14. The molecule has 6 nitrogen and oxygen atoms in total. The van der Waals surface area contributed by atoms with Crippen LogP contribution in [0.1, 0.15) is 22.5 Å². The Hall–Kier alpha value is -2.49. The van der Waals surface area contributed by atoms with E-state index in [9.17, 15) is 22.8 Å². The molecule has 1 aliphatic heterocycles. The topological polar surface area (TPSA) is 75.4 Å². The number of carboxylic acid groups (broad SMARTS) is 1. The first-order chi connectivity index (χ1) is 12.8. The van der Waals surface area contributed by atoms with E-state index in [0.29, 0.717) is 23.7 Å². The van der Waals surface area contributed by atoms with Gasteiger partial charge in [-0.25, -0.2) is 4.68 Å². The first-order valence-electron chi connectivity index (χ1n) is 8.09. The number of aliphatic carboxylic acids is 1. The Balaban J connectivity index is 1.85. The zero-order valence-corrected chi connectivity index (χ0v) is 14.8. The number of halogens is 3. The maximum atomic E-state index is 12.9. The van der Waals surface area contributed by atoms with E-state index in [1.165, 1.54) is 17.2 Å². The summed E-state index contributed by atoms with van der Waals surface area (Å²) in [4.78, 5) is 25.4. The molecule has 0 spiro atoms. The lowest BCUT2D eigenvalue weighted by atomic mass is 10.1. The number of benzene rings is 1. The average Bonchev–Trinajstić information content (AvgIpc) is 3.12. The van der Waals surface area contributed by atoms with E-state index in [1.54, 1.807) is 30.0 Å². The number of aromatic nitrogens is 2. The fourth-order valence-corrected chi connectivity index (χ4v) is 3.92. The lowest BCUT2D eigenvalue weighted by Crippen LogP contribution is -2.47. The van der Waals surface area contributed by atoms with Gasteiger partial charge in [0.15, 0.2) is 5.69 Å². The Bertz CT molecular complexity index is 853. The van der Waals surface area contributed by atoms with E-state index in [0.717, 1.165) is 10.7 Å². The van der Waals surface area contributed by atoms with E-state index in [2.05, 4.69) is 5.10 Å².